The van der Waals surface area contributed by atoms with Crippen LogP contribution in [0.15, 0.2) is 18.2 Å². The molecule has 1 N–H and O–H groups in total. The maximum atomic E-state index is 11.0. The number of Topliss-reactive ketones (excluding diaryl/α,β-unsaturated/α-hetero) is 1. The number of hydrogen-bond acceptors (Lipinski definition) is 2. The average Bonchev–Trinajstić information content (AvgIpc) is 2.04. The van der Waals surface area contributed by atoms with Crippen LogP contribution < -0.4 is 5.32 Å². The first kappa shape index (κ1) is 7.79. The van der Waals surface area contributed by atoms with Crippen LogP contribution in [-0.2, 0) is 0 Å². The molecule has 0 aliphatic rings. The fourth-order valence-corrected chi connectivity index (χ4v) is 0.936. The normalized spacial score (nSPS) is 9.27. The van der Waals surface area contributed by atoms with Gasteiger partial charge in [-0.3, -0.25) is 4.79 Å². The second-order valence-corrected chi connectivity index (χ2v) is 2.26. The van der Waals surface area contributed by atoms with Crippen molar-refractivity contribution in [3.63, 3.8) is 0 Å². The van der Waals surface area contributed by atoms with Crippen LogP contribution in [0.3, 0.4) is 0 Å². The molecule has 1 aromatic carbocycles. The first-order valence-electron chi connectivity index (χ1n) is 3.45. The molecule has 1 aromatic rings. The highest BCUT2D eigenvalue weighted by Gasteiger charge is 2.03. The van der Waals surface area contributed by atoms with E-state index in [4.69, 9.17) is 0 Å². The Morgan fingerprint density at radius 3 is 2.82 bits per heavy atom. The van der Waals surface area contributed by atoms with Crippen LogP contribution in [0.4, 0.5) is 5.69 Å². The summed E-state index contributed by atoms with van der Waals surface area (Å²) in [6.07, 6.45) is 0. The zero-order valence-corrected chi connectivity index (χ0v) is 6.64. The van der Waals surface area contributed by atoms with Crippen molar-refractivity contribution in [1.82, 2.24) is 0 Å². The van der Waals surface area contributed by atoms with Gasteiger partial charge in [0, 0.05) is 18.3 Å². The number of nitrogens with one attached hydrogen (secondary N) is 1. The van der Waals surface area contributed by atoms with Gasteiger partial charge in [-0.15, -0.1) is 0 Å². The molecule has 0 unspecified atom stereocenters. The first-order valence-corrected chi connectivity index (χ1v) is 3.45. The van der Waals surface area contributed by atoms with E-state index in [0.29, 0.717) is 5.56 Å². The molecule has 0 amide bonds. The largest absolute Gasteiger partial charge is 0.388 e. The molecule has 11 heavy (non-hydrogen) atoms. The maximum Gasteiger partial charge on any atom is 0.162 e. The summed E-state index contributed by atoms with van der Waals surface area (Å²) in [5, 5.41) is 2.92. The van der Waals surface area contributed by atoms with E-state index in [9.17, 15) is 4.79 Å². The van der Waals surface area contributed by atoms with Crippen molar-refractivity contribution in [3.05, 3.63) is 29.8 Å². The van der Waals surface area contributed by atoms with Gasteiger partial charge in [0.15, 0.2) is 5.78 Å². The number of carbonyl (C=O) groups excluding carboxylic acids is 1. The van der Waals surface area contributed by atoms with E-state index in [0.717, 1.165) is 5.69 Å². The molecular weight excluding hydrogens is 138 g/mol. The van der Waals surface area contributed by atoms with Crippen LogP contribution >= 0.6 is 0 Å². The van der Waals surface area contributed by atoms with Crippen molar-refractivity contribution < 1.29 is 4.79 Å². The SMILES string of the molecule is CNc1ccc[c]c1C(C)=O. The van der Waals surface area contributed by atoms with Crippen molar-refractivity contribution in [2.75, 3.05) is 12.4 Å². The predicted molar refractivity (Wildman–Crippen MR) is 44.8 cm³/mol. The molecule has 2 heteroatoms. The van der Waals surface area contributed by atoms with E-state index in [-0.39, 0.29) is 5.78 Å². The predicted octanol–water partition coefficient (Wildman–Crippen LogP) is 1.73. The summed E-state index contributed by atoms with van der Waals surface area (Å²) in [6, 6.07) is 8.31. The third-order valence-electron chi connectivity index (χ3n) is 1.48. The number of benzene rings is 1. The second-order valence-electron chi connectivity index (χ2n) is 2.26. The Bertz CT molecular complexity index is 268. The highest BCUT2D eigenvalue weighted by Crippen LogP contribution is 2.13. The van der Waals surface area contributed by atoms with Gasteiger partial charge in [-0.2, -0.15) is 0 Å². The number of carbonyl (C=O) groups is 1. The van der Waals surface area contributed by atoms with Gasteiger partial charge in [-0.1, -0.05) is 12.1 Å². The Labute approximate surface area is 66.2 Å². The Balaban J connectivity index is 3.12. The van der Waals surface area contributed by atoms with Gasteiger partial charge in [-0.25, -0.2) is 0 Å². The van der Waals surface area contributed by atoms with Crippen LogP contribution in [0.2, 0.25) is 0 Å². The summed E-state index contributed by atoms with van der Waals surface area (Å²) in [5.74, 6) is 0.0370. The molecule has 0 fully saturated rings. The summed E-state index contributed by atoms with van der Waals surface area (Å²) in [6.45, 7) is 1.53. The summed E-state index contributed by atoms with van der Waals surface area (Å²) < 4.78 is 0. The lowest BCUT2D eigenvalue weighted by Crippen LogP contribution is -1.99. The summed E-state index contributed by atoms with van der Waals surface area (Å²) in [4.78, 5) is 11.0. The van der Waals surface area contributed by atoms with E-state index in [1.807, 2.05) is 12.1 Å². The average molecular weight is 148 g/mol. The molecule has 1 radical (unpaired) electrons. The lowest BCUT2D eigenvalue weighted by atomic mass is 10.1. The molecule has 1 rings (SSSR count). The zero-order chi connectivity index (χ0) is 8.27. The van der Waals surface area contributed by atoms with Gasteiger partial charge < -0.3 is 5.32 Å². The topological polar surface area (TPSA) is 29.1 Å². The van der Waals surface area contributed by atoms with Crippen molar-refractivity contribution in [2.45, 2.75) is 6.92 Å². The highest BCUT2D eigenvalue weighted by atomic mass is 16.1. The lowest BCUT2D eigenvalue weighted by molar-refractivity contribution is 0.101. The summed E-state index contributed by atoms with van der Waals surface area (Å²) in [7, 11) is 1.79. The minimum atomic E-state index is 0.0370. The van der Waals surface area contributed by atoms with Gasteiger partial charge >= 0.3 is 0 Å². The minimum absolute atomic E-state index is 0.0370. The van der Waals surface area contributed by atoms with Gasteiger partial charge in [0.1, 0.15) is 0 Å². The fraction of sp³-hybridized carbons (Fsp3) is 0.222. The van der Waals surface area contributed by atoms with Crippen molar-refractivity contribution in [1.29, 1.82) is 0 Å². The lowest BCUT2D eigenvalue weighted by Gasteiger charge is -2.03. The van der Waals surface area contributed by atoms with E-state index in [1.54, 1.807) is 13.1 Å². The van der Waals surface area contributed by atoms with E-state index in [1.165, 1.54) is 6.92 Å². The summed E-state index contributed by atoms with van der Waals surface area (Å²) in [5.41, 5.74) is 1.45. The Kier molecular flexibility index (Phi) is 2.26. The molecule has 2 nitrogen and oxygen atoms in total. The Morgan fingerprint density at radius 2 is 2.36 bits per heavy atom. The second kappa shape index (κ2) is 3.19. The quantitative estimate of drug-likeness (QED) is 0.647. The third-order valence-corrected chi connectivity index (χ3v) is 1.48. The molecule has 0 atom stereocenters. The van der Waals surface area contributed by atoms with E-state index < -0.39 is 0 Å². The number of anilines is 1. The molecule has 57 valence electrons. The molecule has 0 saturated carbocycles. The van der Waals surface area contributed by atoms with Crippen molar-refractivity contribution in [2.24, 2.45) is 0 Å². The molecule has 0 aliphatic carbocycles. The van der Waals surface area contributed by atoms with Crippen LogP contribution in [0.1, 0.15) is 17.3 Å². The summed E-state index contributed by atoms with van der Waals surface area (Å²) >= 11 is 0. The first-order chi connectivity index (χ1) is 5.25. The zero-order valence-electron chi connectivity index (χ0n) is 6.64. The fourth-order valence-electron chi connectivity index (χ4n) is 0.936. The van der Waals surface area contributed by atoms with Crippen LogP contribution in [-0.4, -0.2) is 12.8 Å². The van der Waals surface area contributed by atoms with E-state index in [2.05, 4.69) is 11.4 Å². The monoisotopic (exact) mass is 148 g/mol. The Hall–Kier alpha value is -1.31. The van der Waals surface area contributed by atoms with Crippen molar-refractivity contribution in [3.8, 4) is 0 Å². The number of ketones is 1. The molecule has 0 aliphatic heterocycles. The molecule has 0 bridgehead atoms. The van der Waals surface area contributed by atoms with Crippen LogP contribution in [0, 0.1) is 6.07 Å². The maximum absolute atomic E-state index is 11.0. The molecular formula is C9H10NO. The smallest absolute Gasteiger partial charge is 0.162 e. The number of hydrogen-bond donors (Lipinski definition) is 1. The van der Waals surface area contributed by atoms with Gasteiger partial charge in [0.2, 0.25) is 0 Å². The van der Waals surface area contributed by atoms with Crippen molar-refractivity contribution >= 4 is 11.5 Å². The van der Waals surface area contributed by atoms with Gasteiger partial charge in [0.25, 0.3) is 0 Å². The van der Waals surface area contributed by atoms with Crippen LogP contribution in [0.25, 0.3) is 0 Å². The van der Waals surface area contributed by atoms with E-state index >= 15 is 0 Å². The highest BCUT2D eigenvalue weighted by molar-refractivity contribution is 5.99. The molecule has 0 heterocycles. The third kappa shape index (κ3) is 1.58. The van der Waals surface area contributed by atoms with Crippen LogP contribution in [0.5, 0.6) is 0 Å². The van der Waals surface area contributed by atoms with Gasteiger partial charge in [0.05, 0.1) is 0 Å². The minimum Gasteiger partial charge on any atom is -0.388 e. The number of rotatable bonds is 2. The van der Waals surface area contributed by atoms with Gasteiger partial charge in [-0.05, 0) is 19.1 Å². The molecule has 0 spiro atoms. The molecule has 0 saturated heterocycles. The molecule has 0 aromatic heterocycles. The standard InChI is InChI=1S/C9H10NO/c1-7(11)8-5-3-4-6-9(8)10-2/h3-4,6,10H,1-2H3. The Morgan fingerprint density at radius 1 is 1.64 bits per heavy atom.